The summed E-state index contributed by atoms with van der Waals surface area (Å²) in [6.07, 6.45) is 3.12. The van der Waals surface area contributed by atoms with E-state index in [9.17, 15) is 4.79 Å². The Balaban J connectivity index is 2.47. The van der Waals surface area contributed by atoms with Crippen molar-refractivity contribution in [1.29, 1.82) is 5.26 Å². The SMILES string of the molecule is COC(=O)c1nccc(-n2cccc2C#N)n1. The molecule has 0 fully saturated rings. The fraction of sp³-hybridized carbons (Fsp3) is 0.0909. The van der Waals surface area contributed by atoms with Gasteiger partial charge >= 0.3 is 5.97 Å². The third-order valence-electron chi connectivity index (χ3n) is 2.12. The summed E-state index contributed by atoms with van der Waals surface area (Å²) in [6.45, 7) is 0. The molecule has 2 aromatic heterocycles. The Kier molecular flexibility index (Phi) is 2.83. The van der Waals surface area contributed by atoms with E-state index >= 15 is 0 Å². The number of esters is 1. The van der Waals surface area contributed by atoms with E-state index < -0.39 is 5.97 Å². The third-order valence-corrected chi connectivity index (χ3v) is 2.12. The second kappa shape index (κ2) is 4.45. The van der Waals surface area contributed by atoms with Gasteiger partial charge in [-0.2, -0.15) is 5.26 Å². The molecule has 2 aromatic rings. The lowest BCUT2D eigenvalue weighted by Gasteiger charge is -2.04. The first-order valence-electron chi connectivity index (χ1n) is 4.75. The van der Waals surface area contributed by atoms with E-state index in [1.54, 1.807) is 29.0 Å². The molecule has 0 saturated carbocycles. The minimum Gasteiger partial charge on any atom is -0.463 e. The summed E-state index contributed by atoms with van der Waals surface area (Å²) in [4.78, 5) is 19.1. The molecule has 6 nitrogen and oxygen atoms in total. The zero-order valence-electron chi connectivity index (χ0n) is 8.99. The molecule has 84 valence electrons. The normalized spacial score (nSPS) is 9.65. The van der Waals surface area contributed by atoms with Gasteiger partial charge in [0, 0.05) is 12.4 Å². The van der Waals surface area contributed by atoms with E-state index in [1.807, 2.05) is 6.07 Å². The maximum absolute atomic E-state index is 11.3. The number of nitrogens with zero attached hydrogens (tertiary/aromatic N) is 4. The van der Waals surface area contributed by atoms with Gasteiger partial charge in [-0.3, -0.25) is 4.57 Å². The molecule has 2 rings (SSSR count). The van der Waals surface area contributed by atoms with Gasteiger partial charge in [0.25, 0.3) is 0 Å². The highest BCUT2D eigenvalue weighted by atomic mass is 16.5. The van der Waals surface area contributed by atoms with Gasteiger partial charge in [0.15, 0.2) is 0 Å². The van der Waals surface area contributed by atoms with E-state index in [0.717, 1.165) is 0 Å². The fourth-order valence-electron chi connectivity index (χ4n) is 1.34. The summed E-state index contributed by atoms with van der Waals surface area (Å²) in [5, 5.41) is 8.89. The summed E-state index contributed by atoms with van der Waals surface area (Å²) in [7, 11) is 1.26. The van der Waals surface area contributed by atoms with Crippen molar-refractivity contribution in [3.8, 4) is 11.9 Å². The Labute approximate surface area is 97.1 Å². The largest absolute Gasteiger partial charge is 0.463 e. The van der Waals surface area contributed by atoms with Gasteiger partial charge in [-0.25, -0.2) is 14.8 Å². The average molecular weight is 228 g/mol. The zero-order valence-corrected chi connectivity index (χ0v) is 8.99. The van der Waals surface area contributed by atoms with Gasteiger partial charge in [-0.15, -0.1) is 0 Å². The average Bonchev–Trinajstić information content (AvgIpc) is 2.86. The van der Waals surface area contributed by atoms with Crippen LogP contribution in [0.2, 0.25) is 0 Å². The molecule has 0 aromatic carbocycles. The topological polar surface area (TPSA) is 80.8 Å². The molecule has 0 amide bonds. The molecule has 0 atom stereocenters. The molecule has 0 aliphatic carbocycles. The van der Waals surface area contributed by atoms with Gasteiger partial charge in [0.1, 0.15) is 17.6 Å². The highest BCUT2D eigenvalue weighted by molar-refractivity contribution is 5.85. The third kappa shape index (κ3) is 1.99. The molecule has 0 saturated heterocycles. The van der Waals surface area contributed by atoms with Crippen LogP contribution in [0, 0.1) is 11.3 Å². The van der Waals surface area contributed by atoms with Crippen molar-refractivity contribution >= 4 is 5.97 Å². The molecule has 6 heteroatoms. The first-order valence-corrected chi connectivity index (χ1v) is 4.75. The van der Waals surface area contributed by atoms with Crippen molar-refractivity contribution in [1.82, 2.24) is 14.5 Å². The first-order chi connectivity index (χ1) is 8.26. The molecule has 17 heavy (non-hydrogen) atoms. The minimum atomic E-state index is -0.613. The fourth-order valence-corrected chi connectivity index (χ4v) is 1.34. The Morgan fingerprint density at radius 3 is 3.06 bits per heavy atom. The van der Waals surface area contributed by atoms with Crippen LogP contribution in [0.15, 0.2) is 30.6 Å². The maximum atomic E-state index is 11.3. The predicted molar refractivity (Wildman–Crippen MR) is 57.4 cm³/mol. The Bertz CT molecular complexity index is 598. The number of nitriles is 1. The number of carbonyl (C=O) groups excluding carboxylic acids is 1. The monoisotopic (exact) mass is 228 g/mol. The van der Waals surface area contributed by atoms with Gasteiger partial charge in [0.2, 0.25) is 5.82 Å². The van der Waals surface area contributed by atoms with Gasteiger partial charge in [-0.1, -0.05) is 0 Å². The number of hydrogen-bond acceptors (Lipinski definition) is 5. The Hall–Kier alpha value is -2.68. The van der Waals surface area contributed by atoms with Crippen molar-refractivity contribution in [3.63, 3.8) is 0 Å². The van der Waals surface area contributed by atoms with Crippen LogP contribution in [0.4, 0.5) is 0 Å². The second-order valence-electron chi connectivity index (χ2n) is 3.11. The van der Waals surface area contributed by atoms with Crippen LogP contribution < -0.4 is 0 Å². The molecule has 0 aliphatic heterocycles. The maximum Gasteiger partial charge on any atom is 0.376 e. The first kappa shape index (κ1) is 10.8. The van der Waals surface area contributed by atoms with Crippen molar-refractivity contribution in [2.45, 2.75) is 0 Å². The smallest absolute Gasteiger partial charge is 0.376 e. The number of carbonyl (C=O) groups is 1. The number of methoxy groups -OCH3 is 1. The van der Waals surface area contributed by atoms with Crippen LogP contribution >= 0.6 is 0 Å². The second-order valence-corrected chi connectivity index (χ2v) is 3.11. The lowest BCUT2D eigenvalue weighted by molar-refractivity contribution is 0.0586. The molecule has 2 heterocycles. The highest BCUT2D eigenvalue weighted by Gasteiger charge is 2.11. The molecule has 0 unspecified atom stereocenters. The Morgan fingerprint density at radius 1 is 1.53 bits per heavy atom. The van der Waals surface area contributed by atoms with E-state index in [0.29, 0.717) is 11.5 Å². The predicted octanol–water partition coefficient (Wildman–Crippen LogP) is 0.926. The zero-order chi connectivity index (χ0) is 12.3. The molecular weight excluding hydrogens is 220 g/mol. The molecule has 0 N–H and O–H groups in total. The lowest BCUT2D eigenvalue weighted by Crippen LogP contribution is -2.10. The Morgan fingerprint density at radius 2 is 2.35 bits per heavy atom. The van der Waals surface area contributed by atoms with Crippen LogP contribution in [-0.4, -0.2) is 27.6 Å². The van der Waals surface area contributed by atoms with Gasteiger partial charge in [-0.05, 0) is 18.2 Å². The standard InChI is InChI=1S/C11H8N4O2/c1-17-11(16)10-13-5-4-9(14-10)15-6-2-3-8(15)7-12/h2-6H,1H3. The molecule has 0 aliphatic rings. The van der Waals surface area contributed by atoms with Crippen LogP contribution in [0.5, 0.6) is 0 Å². The van der Waals surface area contributed by atoms with Crippen LogP contribution in [0.3, 0.4) is 0 Å². The number of rotatable bonds is 2. The van der Waals surface area contributed by atoms with Gasteiger partial charge < -0.3 is 4.74 Å². The summed E-state index contributed by atoms with van der Waals surface area (Å²) >= 11 is 0. The summed E-state index contributed by atoms with van der Waals surface area (Å²) in [5.41, 5.74) is 0.430. The van der Waals surface area contributed by atoms with Crippen molar-refractivity contribution in [2.24, 2.45) is 0 Å². The van der Waals surface area contributed by atoms with E-state index in [-0.39, 0.29) is 5.82 Å². The van der Waals surface area contributed by atoms with Crippen LogP contribution in [0.25, 0.3) is 5.82 Å². The molecular formula is C11H8N4O2. The van der Waals surface area contributed by atoms with Crippen LogP contribution in [-0.2, 0) is 4.74 Å². The molecule has 0 bridgehead atoms. The minimum absolute atomic E-state index is 0.0393. The summed E-state index contributed by atoms with van der Waals surface area (Å²) in [6, 6.07) is 7.00. The van der Waals surface area contributed by atoms with E-state index in [2.05, 4.69) is 14.7 Å². The van der Waals surface area contributed by atoms with E-state index in [4.69, 9.17) is 5.26 Å². The number of aromatic nitrogens is 3. The van der Waals surface area contributed by atoms with Crippen LogP contribution in [0.1, 0.15) is 16.3 Å². The number of ether oxygens (including phenoxy) is 1. The molecule has 0 spiro atoms. The van der Waals surface area contributed by atoms with Crippen molar-refractivity contribution < 1.29 is 9.53 Å². The van der Waals surface area contributed by atoms with Crippen molar-refractivity contribution in [3.05, 3.63) is 42.1 Å². The lowest BCUT2D eigenvalue weighted by atomic mass is 10.4. The highest BCUT2D eigenvalue weighted by Crippen LogP contribution is 2.09. The molecule has 0 radical (unpaired) electrons. The number of hydrogen-bond donors (Lipinski definition) is 0. The van der Waals surface area contributed by atoms with E-state index in [1.165, 1.54) is 13.3 Å². The van der Waals surface area contributed by atoms with Crippen molar-refractivity contribution in [2.75, 3.05) is 7.11 Å². The summed E-state index contributed by atoms with van der Waals surface area (Å²) in [5.74, 6) is -0.206. The van der Waals surface area contributed by atoms with Gasteiger partial charge in [0.05, 0.1) is 7.11 Å². The summed E-state index contributed by atoms with van der Waals surface area (Å²) < 4.78 is 6.09. The quantitative estimate of drug-likeness (QED) is 0.714.